The quantitative estimate of drug-likeness (QED) is 0.290. The average molecular weight is 405 g/mol. The Morgan fingerprint density at radius 3 is 2.03 bits per heavy atom. The fourth-order valence-electron chi connectivity index (χ4n) is 3.82. The van der Waals surface area contributed by atoms with E-state index < -0.39 is 11.7 Å². The van der Waals surface area contributed by atoms with E-state index in [9.17, 15) is 18.3 Å². The number of halogens is 3. The first kappa shape index (κ1) is 18.7. The van der Waals surface area contributed by atoms with Crippen LogP contribution in [0.4, 0.5) is 13.2 Å². The predicted octanol–water partition coefficient (Wildman–Crippen LogP) is 6.97. The molecule has 0 radical (unpaired) electrons. The van der Waals surface area contributed by atoms with Crippen LogP contribution in [0.2, 0.25) is 0 Å². The Morgan fingerprint density at radius 1 is 0.867 bits per heavy atom. The highest BCUT2D eigenvalue weighted by atomic mass is 19.4. The van der Waals surface area contributed by atoms with Crippen LogP contribution in [0.5, 0.6) is 5.75 Å². The molecule has 4 aromatic rings. The zero-order valence-electron chi connectivity index (χ0n) is 15.9. The standard InChI is InChI=1S/C25H18F3NO/c26-25(27,28)18-12-17(14-29-19-9-10-19)24(30)22(13-18)23-20-7-3-1-5-15(20)11-16-6-2-4-8-21(16)23/h1-8,11-14,19,30H,9-10H2. The van der Waals surface area contributed by atoms with Crippen LogP contribution in [0.25, 0.3) is 32.7 Å². The number of aromatic hydroxyl groups is 1. The Morgan fingerprint density at radius 2 is 1.47 bits per heavy atom. The summed E-state index contributed by atoms with van der Waals surface area (Å²) < 4.78 is 41.1. The van der Waals surface area contributed by atoms with E-state index in [1.54, 1.807) is 0 Å². The van der Waals surface area contributed by atoms with Gasteiger partial charge in [-0.15, -0.1) is 0 Å². The topological polar surface area (TPSA) is 32.6 Å². The van der Waals surface area contributed by atoms with E-state index in [4.69, 9.17) is 0 Å². The summed E-state index contributed by atoms with van der Waals surface area (Å²) in [5.74, 6) is -0.186. The van der Waals surface area contributed by atoms with E-state index in [0.29, 0.717) is 5.56 Å². The minimum Gasteiger partial charge on any atom is -0.507 e. The summed E-state index contributed by atoms with van der Waals surface area (Å²) in [7, 11) is 0. The SMILES string of the molecule is Oc1c(C=NC2CC2)cc(C(F)(F)F)cc1-c1c2ccccc2cc2ccccc12. The Hall–Kier alpha value is -3.34. The second-order valence-electron chi connectivity index (χ2n) is 7.66. The van der Waals surface area contributed by atoms with Gasteiger partial charge in [0, 0.05) is 22.9 Å². The molecular formula is C25H18F3NO. The number of fused-ring (bicyclic) bond motifs is 2. The van der Waals surface area contributed by atoms with Crippen molar-refractivity contribution in [2.45, 2.75) is 25.1 Å². The van der Waals surface area contributed by atoms with Gasteiger partial charge in [0.25, 0.3) is 0 Å². The van der Waals surface area contributed by atoms with Crippen molar-refractivity contribution in [2.75, 3.05) is 0 Å². The number of hydrogen-bond acceptors (Lipinski definition) is 2. The second-order valence-corrected chi connectivity index (χ2v) is 7.66. The molecule has 150 valence electrons. The summed E-state index contributed by atoms with van der Waals surface area (Å²) in [5.41, 5.74) is 0.0387. The molecule has 0 unspecified atom stereocenters. The number of nitrogens with zero attached hydrogens (tertiary/aromatic N) is 1. The Labute approximate surface area is 171 Å². The van der Waals surface area contributed by atoms with Crippen LogP contribution in [-0.2, 0) is 6.18 Å². The third-order valence-corrected chi connectivity index (χ3v) is 5.48. The monoisotopic (exact) mass is 405 g/mol. The first-order valence-corrected chi connectivity index (χ1v) is 9.80. The Balaban J connectivity index is 1.87. The van der Waals surface area contributed by atoms with Gasteiger partial charge in [0.2, 0.25) is 0 Å². The van der Waals surface area contributed by atoms with Gasteiger partial charge in [0.1, 0.15) is 5.75 Å². The predicted molar refractivity (Wildman–Crippen MR) is 114 cm³/mol. The number of phenols is 1. The molecular weight excluding hydrogens is 387 g/mol. The van der Waals surface area contributed by atoms with Gasteiger partial charge in [-0.2, -0.15) is 13.2 Å². The average Bonchev–Trinajstić information content (AvgIpc) is 3.55. The van der Waals surface area contributed by atoms with Gasteiger partial charge in [-0.05, 0) is 52.6 Å². The van der Waals surface area contributed by atoms with Crippen LogP contribution in [0.3, 0.4) is 0 Å². The van der Waals surface area contributed by atoms with E-state index in [1.165, 1.54) is 6.21 Å². The minimum absolute atomic E-state index is 0.0868. The number of rotatable bonds is 3. The number of alkyl halides is 3. The van der Waals surface area contributed by atoms with E-state index >= 15 is 0 Å². The highest BCUT2D eigenvalue weighted by molar-refractivity contribution is 6.14. The molecule has 1 aliphatic carbocycles. The maximum Gasteiger partial charge on any atom is 0.416 e. The fraction of sp³-hybridized carbons (Fsp3) is 0.160. The van der Waals surface area contributed by atoms with Gasteiger partial charge in [-0.1, -0.05) is 48.5 Å². The van der Waals surface area contributed by atoms with Crippen LogP contribution >= 0.6 is 0 Å². The lowest BCUT2D eigenvalue weighted by Crippen LogP contribution is -2.06. The summed E-state index contributed by atoms with van der Waals surface area (Å²) in [6.45, 7) is 0. The molecule has 0 aliphatic heterocycles. The third-order valence-electron chi connectivity index (χ3n) is 5.48. The van der Waals surface area contributed by atoms with Crippen molar-refractivity contribution in [3.05, 3.63) is 77.9 Å². The van der Waals surface area contributed by atoms with Crippen LogP contribution < -0.4 is 0 Å². The molecule has 30 heavy (non-hydrogen) atoms. The molecule has 0 atom stereocenters. The van der Waals surface area contributed by atoms with Gasteiger partial charge < -0.3 is 5.11 Å². The summed E-state index contributed by atoms with van der Waals surface area (Å²) in [5, 5.41) is 14.4. The van der Waals surface area contributed by atoms with Gasteiger partial charge in [-0.25, -0.2) is 0 Å². The molecule has 0 bridgehead atoms. The van der Waals surface area contributed by atoms with Crippen molar-refractivity contribution in [3.8, 4) is 16.9 Å². The molecule has 0 aromatic heterocycles. The Bertz CT molecular complexity index is 1250. The number of aliphatic imine (C=N–C) groups is 1. The lowest BCUT2D eigenvalue weighted by atomic mass is 9.89. The zero-order chi connectivity index (χ0) is 20.9. The maximum absolute atomic E-state index is 13.7. The first-order valence-electron chi connectivity index (χ1n) is 9.80. The summed E-state index contributed by atoms with van der Waals surface area (Å²) >= 11 is 0. The number of hydrogen-bond donors (Lipinski definition) is 1. The third kappa shape index (κ3) is 3.30. The summed E-state index contributed by atoms with van der Waals surface area (Å²) in [6, 6.07) is 19.2. The molecule has 5 rings (SSSR count). The molecule has 1 N–H and O–H groups in total. The summed E-state index contributed by atoms with van der Waals surface area (Å²) in [6.07, 6.45) is -1.31. The molecule has 1 fully saturated rings. The van der Waals surface area contributed by atoms with Crippen LogP contribution in [0.1, 0.15) is 24.0 Å². The van der Waals surface area contributed by atoms with Gasteiger partial charge in [0.05, 0.1) is 11.6 Å². The Kier molecular flexibility index (Phi) is 4.28. The molecule has 1 aliphatic rings. The van der Waals surface area contributed by atoms with Crippen molar-refractivity contribution < 1.29 is 18.3 Å². The minimum atomic E-state index is -4.54. The second kappa shape index (κ2) is 6.87. The lowest BCUT2D eigenvalue weighted by Gasteiger charge is -2.17. The highest BCUT2D eigenvalue weighted by Crippen LogP contribution is 2.44. The molecule has 0 amide bonds. The van der Waals surface area contributed by atoms with E-state index in [-0.39, 0.29) is 22.9 Å². The highest BCUT2D eigenvalue weighted by Gasteiger charge is 2.33. The number of benzene rings is 4. The molecule has 1 saturated carbocycles. The lowest BCUT2D eigenvalue weighted by molar-refractivity contribution is -0.137. The molecule has 2 nitrogen and oxygen atoms in total. The van der Waals surface area contributed by atoms with Gasteiger partial charge in [-0.3, -0.25) is 4.99 Å². The largest absolute Gasteiger partial charge is 0.507 e. The van der Waals surface area contributed by atoms with Gasteiger partial charge in [0.15, 0.2) is 0 Å². The molecule has 0 heterocycles. The number of phenolic OH excluding ortho intramolecular Hbond substituents is 1. The maximum atomic E-state index is 13.7. The van der Waals surface area contributed by atoms with Crippen molar-refractivity contribution in [2.24, 2.45) is 4.99 Å². The van der Waals surface area contributed by atoms with Crippen molar-refractivity contribution in [1.29, 1.82) is 0 Å². The normalized spacial score (nSPS) is 14.8. The van der Waals surface area contributed by atoms with Crippen LogP contribution in [0.15, 0.2) is 71.7 Å². The fourth-order valence-corrected chi connectivity index (χ4v) is 3.82. The van der Waals surface area contributed by atoms with Gasteiger partial charge >= 0.3 is 6.18 Å². The van der Waals surface area contributed by atoms with E-state index in [0.717, 1.165) is 46.5 Å². The summed E-state index contributed by atoms with van der Waals surface area (Å²) in [4.78, 5) is 4.30. The van der Waals surface area contributed by atoms with Crippen LogP contribution in [-0.4, -0.2) is 17.4 Å². The van der Waals surface area contributed by atoms with Crippen molar-refractivity contribution in [1.82, 2.24) is 0 Å². The zero-order valence-corrected chi connectivity index (χ0v) is 15.9. The molecule has 0 saturated heterocycles. The van der Waals surface area contributed by atoms with Crippen LogP contribution in [0, 0.1) is 0 Å². The van der Waals surface area contributed by atoms with Crippen molar-refractivity contribution >= 4 is 27.8 Å². The molecule has 5 heteroatoms. The smallest absolute Gasteiger partial charge is 0.416 e. The molecule has 4 aromatic carbocycles. The van der Waals surface area contributed by atoms with E-state index in [2.05, 4.69) is 4.99 Å². The van der Waals surface area contributed by atoms with Crippen molar-refractivity contribution in [3.63, 3.8) is 0 Å². The first-order chi connectivity index (χ1) is 14.4. The molecule has 0 spiro atoms. The van der Waals surface area contributed by atoms with E-state index in [1.807, 2.05) is 54.6 Å².